The normalized spacial score (nSPS) is 22.1. The van der Waals surface area contributed by atoms with Crippen molar-refractivity contribution in [2.75, 3.05) is 19.7 Å². The Hall–Kier alpha value is -0.970. The maximum absolute atomic E-state index is 12.0. The number of hydrogen-bond donors (Lipinski definition) is 1. The topological polar surface area (TPSA) is 55.6 Å². The van der Waals surface area contributed by atoms with E-state index in [0.29, 0.717) is 29.8 Å². The highest BCUT2D eigenvalue weighted by atomic mass is 35.5. The second-order valence-corrected chi connectivity index (χ2v) is 5.45. The van der Waals surface area contributed by atoms with Crippen molar-refractivity contribution in [3.05, 3.63) is 29.3 Å². The molecule has 1 amide bonds. The van der Waals surface area contributed by atoms with Crippen molar-refractivity contribution in [1.29, 1.82) is 0 Å². The lowest BCUT2D eigenvalue weighted by molar-refractivity contribution is -0.135. The molecule has 2 atom stereocenters. The molecule has 2 unspecified atom stereocenters. The molecule has 2 N–H and O–H groups in total. The van der Waals surface area contributed by atoms with Gasteiger partial charge >= 0.3 is 0 Å². The second kappa shape index (κ2) is 7.72. The number of nitrogens with two attached hydrogens (primary N) is 1. The first-order chi connectivity index (χ1) is 9.06. The van der Waals surface area contributed by atoms with E-state index in [1.165, 1.54) is 0 Å². The number of ether oxygens (including phenoxy) is 1. The molecule has 1 aromatic rings. The Morgan fingerprint density at radius 1 is 1.55 bits per heavy atom. The van der Waals surface area contributed by atoms with E-state index < -0.39 is 0 Å². The summed E-state index contributed by atoms with van der Waals surface area (Å²) in [6, 6.07) is 7.24. The highest BCUT2D eigenvalue weighted by Gasteiger charge is 2.26. The maximum atomic E-state index is 12.0. The van der Waals surface area contributed by atoms with Crippen LogP contribution in [0.1, 0.15) is 13.3 Å². The molecule has 20 heavy (non-hydrogen) atoms. The first kappa shape index (κ1) is 17.1. The number of nitrogens with zero attached hydrogens (tertiary/aromatic N) is 1. The lowest BCUT2D eigenvalue weighted by atomic mass is 9.95. The Balaban J connectivity index is 0.00000200. The fourth-order valence-corrected chi connectivity index (χ4v) is 2.36. The smallest absolute Gasteiger partial charge is 0.260 e. The zero-order chi connectivity index (χ0) is 13.8. The van der Waals surface area contributed by atoms with E-state index in [1.54, 1.807) is 24.3 Å². The van der Waals surface area contributed by atoms with E-state index in [9.17, 15) is 4.79 Å². The molecule has 0 radical (unpaired) electrons. The van der Waals surface area contributed by atoms with Crippen LogP contribution >= 0.6 is 24.0 Å². The molecule has 4 nitrogen and oxygen atoms in total. The summed E-state index contributed by atoms with van der Waals surface area (Å²) in [6.45, 7) is 3.53. The van der Waals surface area contributed by atoms with Crippen molar-refractivity contribution in [1.82, 2.24) is 4.90 Å². The number of piperidine rings is 1. The van der Waals surface area contributed by atoms with E-state index in [1.807, 2.05) is 4.90 Å². The Bertz CT molecular complexity index is 457. The van der Waals surface area contributed by atoms with E-state index >= 15 is 0 Å². The maximum Gasteiger partial charge on any atom is 0.260 e. The van der Waals surface area contributed by atoms with Crippen molar-refractivity contribution in [3.63, 3.8) is 0 Å². The highest BCUT2D eigenvalue weighted by molar-refractivity contribution is 6.30. The number of rotatable bonds is 3. The van der Waals surface area contributed by atoms with Gasteiger partial charge in [0.1, 0.15) is 5.75 Å². The van der Waals surface area contributed by atoms with Crippen molar-refractivity contribution in [3.8, 4) is 5.75 Å². The lowest BCUT2D eigenvalue weighted by Crippen LogP contribution is -2.49. The zero-order valence-electron chi connectivity index (χ0n) is 11.4. The van der Waals surface area contributed by atoms with Crippen molar-refractivity contribution in [2.45, 2.75) is 19.4 Å². The summed E-state index contributed by atoms with van der Waals surface area (Å²) in [4.78, 5) is 13.9. The molecular formula is C14H20Cl2N2O2. The van der Waals surface area contributed by atoms with Gasteiger partial charge < -0.3 is 15.4 Å². The average molecular weight is 319 g/mol. The van der Waals surface area contributed by atoms with Crippen LogP contribution in [0.25, 0.3) is 0 Å². The van der Waals surface area contributed by atoms with Gasteiger partial charge in [-0.05, 0) is 30.5 Å². The van der Waals surface area contributed by atoms with Crippen LogP contribution in [0, 0.1) is 5.92 Å². The third-order valence-corrected chi connectivity index (χ3v) is 3.72. The minimum Gasteiger partial charge on any atom is -0.484 e. The van der Waals surface area contributed by atoms with E-state index in [4.69, 9.17) is 22.1 Å². The first-order valence-corrected chi connectivity index (χ1v) is 6.86. The number of carbonyl (C=O) groups is 1. The summed E-state index contributed by atoms with van der Waals surface area (Å²) >= 11 is 5.85. The van der Waals surface area contributed by atoms with Crippen LogP contribution < -0.4 is 10.5 Å². The fraction of sp³-hybridized carbons (Fsp3) is 0.500. The first-order valence-electron chi connectivity index (χ1n) is 6.48. The van der Waals surface area contributed by atoms with Gasteiger partial charge in [0.05, 0.1) is 0 Å². The highest BCUT2D eigenvalue weighted by Crippen LogP contribution is 2.18. The molecule has 1 aromatic carbocycles. The summed E-state index contributed by atoms with van der Waals surface area (Å²) in [5.41, 5.74) is 5.94. The summed E-state index contributed by atoms with van der Waals surface area (Å²) in [6.07, 6.45) is 0.851. The number of benzene rings is 1. The Labute approximate surface area is 130 Å². The Kier molecular flexibility index (Phi) is 6.59. The van der Waals surface area contributed by atoms with Crippen LogP contribution in [-0.2, 0) is 4.79 Å². The van der Waals surface area contributed by atoms with E-state index in [2.05, 4.69) is 6.92 Å². The number of likely N-dealkylation sites (tertiary alicyclic amines) is 1. The van der Waals surface area contributed by atoms with Gasteiger partial charge in [-0.1, -0.05) is 24.6 Å². The minimum absolute atomic E-state index is 0. The van der Waals surface area contributed by atoms with Crippen LogP contribution in [0.5, 0.6) is 5.75 Å². The van der Waals surface area contributed by atoms with Gasteiger partial charge in [-0.3, -0.25) is 4.79 Å². The van der Waals surface area contributed by atoms with Gasteiger partial charge in [-0.2, -0.15) is 0 Å². The molecule has 1 fully saturated rings. The van der Waals surface area contributed by atoms with Gasteiger partial charge in [0.15, 0.2) is 6.61 Å². The number of halogens is 2. The van der Waals surface area contributed by atoms with Crippen LogP contribution in [-0.4, -0.2) is 36.5 Å². The van der Waals surface area contributed by atoms with E-state index in [0.717, 1.165) is 6.42 Å². The van der Waals surface area contributed by atoms with Crippen molar-refractivity contribution < 1.29 is 9.53 Å². The third-order valence-electron chi connectivity index (χ3n) is 3.48. The number of carbonyl (C=O) groups excluding carboxylic acids is 1. The molecule has 0 aliphatic carbocycles. The molecule has 1 heterocycles. The summed E-state index contributed by atoms with van der Waals surface area (Å²) in [5.74, 6) is 0.949. The summed E-state index contributed by atoms with van der Waals surface area (Å²) in [5, 5.41) is 0.600. The molecule has 112 valence electrons. The molecule has 0 saturated carbocycles. The Morgan fingerprint density at radius 2 is 2.30 bits per heavy atom. The van der Waals surface area contributed by atoms with Crippen LogP contribution in [0.4, 0.5) is 0 Å². The summed E-state index contributed by atoms with van der Waals surface area (Å²) < 4.78 is 5.46. The average Bonchev–Trinajstić information content (AvgIpc) is 2.39. The molecule has 0 bridgehead atoms. The Morgan fingerprint density at radius 3 is 2.95 bits per heavy atom. The van der Waals surface area contributed by atoms with Crippen LogP contribution in [0.3, 0.4) is 0 Å². The molecule has 0 spiro atoms. The third kappa shape index (κ3) is 4.54. The predicted molar refractivity (Wildman–Crippen MR) is 82.5 cm³/mol. The monoisotopic (exact) mass is 318 g/mol. The number of amides is 1. The van der Waals surface area contributed by atoms with Crippen LogP contribution in [0.2, 0.25) is 5.02 Å². The molecule has 1 saturated heterocycles. The molecule has 6 heteroatoms. The van der Waals surface area contributed by atoms with Gasteiger partial charge in [-0.25, -0.2) is 0 Å². The van der Waals surface area contributed by atoms with Crippen molar-refractivity contribution in [2.24, 2.45) is 11.7 Å². The molecule has 1 aliphatic heterocycles. The molecular weight excluding hydrogens is 299 g/mol. The largest absolute Gasteiger partial charge is 0.484 e. The van der Waals surface area contributed by atoms with E-state index in [-0.39, 0.29) is 31.0 Å². The van der Waals surface area contributed by atoms with Crippen LogP contribution in [0.15, 0.2) is 24.3 Å². The SMILES string of the molecule is CC1CN(C(=O)COc2cccc(Cl)c2)CCC1N.Cl. The van der Waals surface area contributed by atoms with Gasteiger partial charge in [0, 0.05) is 24.2 Å². The zero-order valence-corrected chi connectivity index (χ0v) is 13.0. The lowest BCUT2D eigenvalue weighted by Gasteiger charge is -2.35. The summed E-state index contributed by atoms with van der Waals surface area (Å²) in [7, 11) is 0. The molecule has 0 aromatic heterocycles. The van der Waals surface area contributed by atoms with Gasteiger partial charge in [0.25, 0.3) is 5.91 Å². The fourth-order valence-electron chi connectivity index (χ4n) is 2.18. The quantitative estimate of drug-likeness (QED) is 0.930. The standard InChI is InChI=1S/C14H19ClN2O2.ClH/c1-10-8-17(6-5-13(10)16)14(18)9-19-12-4-2-3-11(15)7-12;/h2-4,7,10,13H,5-6,8-9,16H2,1H3;1H. The predicted octanol–water partition coefficient (Wildman–Crippen LogP) is 2.34. The van der Waals surface area contributed by atoms with Gasteiger partial charge in [0.2, 0.25) is 0 Å². The van der Waals surface area contributed by atoms with Crippen molar-refractivity contribution >= 4 is 29.9 Å². The molecule has 1 aliphatic rings. The number of hydrogen-bond acceptors (Lipinski definition) is 3. The second-order valence-electron chi connectivity index (χ2n) is 5.02. The molecule has 2 rings (SSSR count). The minimum atomic E-state index is -0.00118. The van der Waals surface area contributed by atoms with Gasteiger partial charge in [-0.15, -0.1) is 12.4 Å².